The van der Waals surface area contributed by atoms with Crippen LogP contribution in [0.5, 0.6) is 0 Å². The van der Waals surface area contributed by atoms with Gasteiger partial charge < -0.3 is 15.5 Å². The zero-order chi connectivity index (χ0) is 19.2. The average Bonchev–Trinajstić information content (AvgIpc) is 2.99. The van der Waals surface area contributed by atoms with Crippen LogP contribution in [-0.4, -0.2) is 48.7 Å². The number of aliphatic imine (C=N–C) groups is 1. The highest BCUT2D eigenvalue weighted by Gasteiger charge is 2.20. The zero-order valence-electron chi connectivity index (χ0n) is 17.2. The number of hydrogen-bond donors (Lipinski definition) is 2. The van der Waals surface area contributed by atoms with Crippen LogP contribution in [-0.2, 0) is 6.42 Å². The van der Waals surface area contributed by atoms with Gasteiger partial charge in [-0.25, -0.2) is 9.97 Å². The van der Waals surface area contributed by atoms with Gasteiger partial charge in [-0.1, -0.05) is 6.07 Å². The van der Waals surface area contributed by atoms with Gasteiger partial charge in [-0.05, 0) is 45.2 Å². The molecule has 0 unspecified atom stereocenters. The summed E-state index contributed by atoms with van der Waals surface area (Å²) in [7, 11) is 1.84. The number of rotatable bonds is 5. The molecule has 154 valence electrons. The number of nitrogens with zero attached hydrogens (tertiary/aromatic N) is 4. The van der Waals surface area contributed by atoms with Gasteiger partial charge in [0.15, 0.2) is 5.96 Å². The molecule has 0 spiro atoms. The van der Waals surface area contributed by atoms with Gasteiger partial charge in [-0.3, -0.25) is 4.99 Å². The van der Waals surface area contributed by atoms with Crippen LogP contribution in [0.3, 0.4) is 0 Å². The molecule has 0 aromatic carbocycles. The van der Waals surface area contributed by atoms with Gasteiger partial charge in [0.1, 0.15) is 5.82 Å². The Balaban J connectivity index is 0.00000280. The van der Waals surface area contributed by atoms with Crippen molar-refractivity contribution in [2.75, 3.05) is 31.6 Å². The van der Waals surface area contributed by atoms with E-state index in [1.165, 1.54) is 10.4 Å². The molecular weight excluding hydrogens is 483 g/mol. The normalized spacial score (nSPS) is 15.3. The van der Waals surface area contributed by atoms with E-state index in [2.05, 4.69) is 63.4 Å². The van der Waals surface area contributed by atoms with Crippen LogP contribution >= 0.6 is 35.3 Å². The van der Waals surface area contributed by atoms with Crippen molar-refractivity contribution in [2.45, 2.75) is 46.1 Å². The molecule has 2 aromatic rings. The second-order valence-corrected chi connectivity index (χ2v) is 8.38. The molecule has 0 saturated carbocycles. The first kappa shape index (κ1) is 22.9. The first-order chi connectivity index (χ1) is 13.0. The predicted molar refractivity (Wildman–Crippen MR) is 129 cm³/mol. The number of aryl methyl sites for hydroxylation is 3. The molecule has 3 heterocycles. The number of pyridine rings is 1. The zero-order valence-corrected chi connectivity index (χ0v) is 20.3. The molecule has 1 fully saturated rings. The highest BCUT2D eigenvalue weighted by Crippen LogP contribution is 2.18. The number of hydrogen-bond acceptors (Lipinski definition) is 5. The van der Waals surface area contributed by atoms with E-state index in [4.69, 9.17) is 0 Å². The van der Waals surface area contributed by atoms with E-state index in [1.54, 1.807) is 11.3 Å². The van der Waals surface area contributed by atoms with Gasteiger partial charge >= 0.3 is 0 Å². The van der Waals surface area contributed by atoms with E-state index in [-0.39, 0.29) is 24.0 Å². The van der Waals surface area contributed by atoms with Crippen LogP contribution in [0.2, 0.25) is 0 Å². The quantitative estimate of drug-likeness (QED) is 0.364. The molecule has 0 atom stereocenters. The average molecular weight is 514 g/mol. The molecule has 6 nitrogen and oxygen atoms in total. The van der Waals surface area contributed by atoms with Crippen LogP contribution in [0, 0.1) is 20.8 Å². The number of piperidine rings is 1. The Morgan fingerprint density at radius 2 is 2.00 bits per heavy atom. The number of halogens is 1. The largest absolute Gasteiger partial charge is 0.356 e. The molecule has 1 aliphatic rings. The maximum Gasteiger partial charge on any atom is 0.191 e. The highest BCUT2D eigenvalue weighted by molar-refractivity contribution is 14.0. The molecule has 3 rings (SSSR count). The summed E-state index contributed by atoms with van der Waals surface area (Å²) in [5.41, 5.74) is 2.35. The Kier molecular flexibility index (Phi) is 8.94. The van der Waals surface area contributed by atoms with Crippen molar-refractivity contribution in [1.82, 2.24) is 20.6 Å². The van der Waals surface area contributed by atoms with Crippen molar-refractivity contribution < 1.29 is 0 Å². The maximum absolute atomic E-state index is 4.55. The van der Waals surface area contributed by atoms with Crippen LogP contribution in [0.4, 0.5) is 5.82 Å². The third kappa shape index (κ3) is 6.30. The van der Waals surface area contributed by atoms with Crippen molar-refractivity contribution in [3.05, 3.63) is 39.5 Å². The van der Waals surface area contributed by atoms with E-state index in [0.29, 0.717) is 6.04 Å². The Bertz CT molecular complexity index is 766. The number of thiazole rings is 1. The SMILES string of the molecule is CN=C(NCCc1sc(C)nc1C)NC1CCN(c2ccc(C)cn2)CC1.I. The fourth-order valence-corrected chi connectivity index (χ4v) is 4.32. The van der Waals surface area contributed by atoms with Crippen molar-refractivity contribution in [1.29, 1.82) is 0 Å². The first-order valence-corrected chi connectivity index (χ1v) is 10.4. The van der Waals surface area contributed by atoms with Crippen LogP contribution in [0.15, 0.2) is 23.3 Å². The van der Waals surface area contributed by atoms with Crippen LogP contribution in [0.1, 0.15) is 34.0 Å². The molecule has 1 saturated heterocycles. The van der Waals surface area contributed by atoms with Crippen molar-refractivity contribution >= 4 is 47.1 Å². The van der Waals surface area contributed by atoms with Gasteiger partial charge in [-0.15, -0.1) is 35.3 Å². The molecule has 28 heavy (non-hydrogen) atoms. The van der Waals surface area contributed by atoms with Crippen LogP contribution < -0.4 is 15.5 Å². The molecule has 0 bridgehead atoms. The molecule has 2 N–H and O–H groups in total. The molecule has 0 amide bonds. The lowest BCUT2D eigenvalue weighted by Crippen LogP contribution is -2.49. The predicted octanol–water partition coefficient (Wildman–Crippen LogP) is 3.46. The van der Waals surface area contributed by atoms with Gasteiger partial charge in [0.05, 0.1) is 10.7 Å². The topological polar surface area (TPSA) is 65.4 Å². The summed E-state index contributed by atoms with van der Waals surface area (Å²) in [6, 6.07) is 4.70. The highest BCUT2D eigenvalue weighted by atomic mass is 127. The Labute approximate surface area is 189 Å². The van der Waals surface area contributed by atoms with Gasteiger partial charge in [0.25, 0.3) is 0 Å². The minimum Gasteiger partial charge on any atom is -0.356 e. The van der Waals surface area contributed by atoms with Crippen LogP contribution in [0.25, 0.3) is 0 Å². The lowest BCUT2D eigenvalue weighted by Gasteiger charge is -2.33. The Morgan fingerprint density at radius 1 is 1.25 bits per heavy atom. The van der Waals surface area contributed by atoms with Gasteiger partial charge in [0, 0.05) is 50.2 Å². The Morgan fingerprint density at radius 3 is 2.57 bits per heavy atom. The second kappa shape index (κ2) is 10.9. The number of guanidine groups is 1. The smallest absolute Gasteiger partial charge is 0.191 e. The van der Waals surface area contributed by atoms with E-state index in [9.17, 15) is 0 Å². The number of nitrogens with one attached hydrogen (secondary N) is 2. The molecule has 0 radical (unpaired) electrons. The van der Waals surface area contributed by atoms with E-state index < -0.39 is 0 Å². The summed E-state index contributed by atoms with van der Waals surface area (Å²) in [4.78, 5) is 17.1. The third-order valence-electron chi connectivity index (χ3n) is 4.92. The molecule has 0 aliphatic carbocycles. The molecule has 8 heteroatoms. The van der Waals surface area contributed by atoms with Crippen molar-refractivity contribution in [3.63, 3.8) is 0 Å². The minimum absolute atomic E-state index is 0. The number of aromatic nitrogens is 2. The summed E-state index contributed by atoms with van der Waals surface area (Å²) in [6.45, 7) is 9.13. The number of anilines is 1. The summed E-state index contributed by atoms with van der Waals surface area (Å²) in [6.07, 6.45) is 5.10. The lowest BCUT2D eigenvalue weighted by atomic mass is 10.1. The summed E-state index contributed by atoms with van der Waals surface area (Å²) >= 11 is 1.79. The third-order valence-corrected chi connectivity index (χ3v) is 6.06. The fraction of sp³-hybridized carbons (Fsp3) is 0.550. The van der Waals surface area contributed by atoms with E-state index in [0.717, 1.165) is 61.4 Å². The molecule has 1 aliphatic heterocycles. The summed E-state index contributed by atoms with van der Waals surface area (Å²) < 4.78 is 0. The minimum atomic E-state index is 0. The Hall–Kier alpha value is -1.42. The van der Waals surface area contributed by atoms with Gasteiger partial charge in [-0.2, -0.15) is 0 Å². The maximum atomic E-state index is 4.55. The van der Waals surface area contributed by atoms with Crippen molar-refractivity contribution in [2.24, 2.45) is 4.99 Å². The van der Waals surface area contributed by atoms with E-state index in [1.807, 2.05) is 13.2 Å². The van der Waals surface area contributed by atoms with Gasteiger partial charge in [0.2, 0.25) is 0 Å². The van der Waals surface area contributed by atoms with E-state index >= 15 is 0 Å². The standard InChI is InChI=1S/C20H30N6S.HI/c1-14-5-6-19(23-13-14)26-11-8-17(9-12-26)25-20(21-4)22-10-7-18-15(2)24-16(3)27-18;/h5-6,13,17H,7-12H2,1-4H3,(H2,21,22,25);1H. The monoisotopic (exact) mass is 514 g/mol. The molecular formula is C20H31IN6S. The van der Waals surface area contributed by atoms with Crippen molar-refractivity contribution in [3.8, 4) is 0 Å². The fourth-order valence-electron chi connectivity index (χ4n) is 3.39. The summed E-state index contributed by atoms with van der Waals surface area (Å²) in [5.74, 6) is 1.97. The molecule has 2 aromatic heterocycles. The lowest BCUT2D eigenvalue weighted by molar-refractivity contribution is 0.459. The summed E-state index contributed by atoms with van der Waals surface area (Å²) in [5, 5.41) is 8.15. The first-order valence-electron chi connectivity index (χ1n) is 9.63. The second-order valence-electron chi connectivity index (χ2n) is 7.09.